The average molecular weight is 317 g/mol. The molecule has 0 spiro atoms. The van der Waals surface area contributed by atoms with Gasteiger partial charge in [-0.1, -0.05) is 31.9 Å². The highest BCUT2D eigenvalue weighted by Crippen LogP contribution is 2.40. The molecule has 1 nitrogen and oxygen atoms in total. The number of hydrogen-bond donors (Lipinski definition) is 1. The average Bonchev–Trinajstić information content (AvgIpc) is 2.89. The van der Waals surface area contributed by atoms with E-state index in [0.29, 0.717) is 5.41 Å². The van der Waals surface area contributed by atoms with E-state index in [-0.39, 0.29) is 16.7 Å². The Balaban J connectivity index is 1.81. The maximum Gasteiger partial charge on any atom is 0.446 e. The monoisotopic (exact) mass is 317 g/mol. The van der Waals surface area contributed by atoms with Crippen molar-refractivity contribution in [2.75, 3.05) is 6.54 Å². The summed E-state index contributed by atoms with van der Waals surface area (Å²) >= 11 is -0.0637. The summed E-state index contributed by atoms with van der Waals surface area (Å²) in [6, 6.07) is 6.63. The minimum absolute atomic E-state index is 0.0637. The zero-order valence-corrected chi connectivity index (χ0v) is 13.1. The van der Waals surface area contributed by atoms with Gasteiger partial charge in [-0.05, 0) is 54.1 Å². The molecule has 2 rings (SSSR count). The Labute approximate surface area is 128 Å². The second-order valence-electron chi connectivity index (χ2n) is 5.86. The molecule has 0 heterocycles. The molecule has 0 atom stereocenters. The Bertz CT molecular complexity index is 436. The van der Waals surface area contributed by atoms with Gasteiger partial charge in [0.25, 0.3) is 0 Å². The van der Waals surface area contributed by atoms with Crippen LogP contribution in [0.4, 0.5) is 13.2 Å². The molecule has 118 valence electrons. The summed E-state index contributed by atoms with van der Waals surface area (Å²) in [5.41, 5.74) is -2.74. The molecular weight excluding hydrogens is 295 g/mol. The molecule has 0 saturated heterocycles. The van der Waals surface area contributed by atoms with E-state index < -0.39 is 5.51 Å². The number of benzene rings is 1. The zero-order valence-electron chi connectivity index (χ0n) is 12.3. The number of rotatable bonds is 6. The minimum atomic E-state index is -4.21. The molecule has 0 bridgehead atoms. The van der Waals surface area contributed by atoms with Gasteiger partial charge in [0.05, 0.1) is 0 Å². The number of halogens is 3. The summed E-state index contributed by atoms with van der Waals surface area (Å²) in [5, 5.41) is 3.47. The second kappa shape index (κ2) is 7.05. The van der Waals surface area contributed by atoms with Gasteiger partial charge in [0.1, 0.15) is 0 Å². The summed E-state index contributed by atoms with van der Waals surface area (Å²) in [6.07, 6.45) is 6.41. The molecule has 0 unspecified atom stereocenters. The van der Waals surface area contributed by atoms with Crippen molar-refractivity contribution in [3.8, 4) is 0 Å². The Morgan fingerprint density at radius 3 is 2.29 bits per heavy atom. The Morgan fingerprint density at radius 2 is 1.76 bits per heavy atom. The van der Waals surface area contributed by atoms with Crippen molar-refractivity contribution in [3.05, 3.63) is 29.8 Å². The molecular formula is C16H22F3NS. The smallest absolute Gasteiger partial charge is 0.312 e. The fourth-order valence-electron chi connectivity index (χ4n) is 3.06. The first-order valence-electron chi connectivity index (χ1n) is 7.48. The third-order valence-electron chi connectivity index (χ3n) is 4.40. The molecule has 5 heteroatoms. The standard InChI is InChI=1S/C16H22F3NS/c1-2-15(9-3-4-10-15)12-20-11-13-5-7-14(8-6-13)21-16(17,18)19/h5-8,20H,2-4,9-12H2,1H3. The van der Waals surface area contributed by atoms with E-state index in [0.717, 1.165) is 18.7 Å². The predicted octanol–water partition coefficient (Wildman–Crippen LogP) is 5.36. The number of nitrogens with one attached hydrogen (secondary N) is 1. The fourth-order valence-corrected chi connectivity index (χ4v) is 3.60. The first-order valence-corrected chi connectivity index (χ1v) is 8.30. The molecule has 1 fully saturated rings. The molecule has 1 aliphatic carbocycles. The van der Waals surface area contributed by atoms with Crippen LogP contribution in [0.2, 0.25) is 0 Å². The summed E-state index contributed by atoms with van der Waals surface area (Å²) < 4.78 is 36.7. The van der Waals surface area contributed by atoms with Gasteiger partial charge in [0.15, 0.2) is 0 Å². The van der Waals surface area contributed by atoms with Crippen LogP contribution >= 0.6 is 11.8 Å². The number of hydrogen-bond acceptors (Lipinski definition) is 2. The molecule has 0 aromatic heterocycles. The van der Waals surface area contributed by atoms with Crippen molar-refractivity contribution in [2.24, 2.45) is 5.41 Å². The van der Waals surface area contributed by atoms with E-state index >= 15 is 0 Å². The van der Waals surface area contributed by atoms with Crippen molar-refractivity contribution in [1.82, 2.24) is 5.32 Å². The summed E-state index contributed by atoms with van der Waals surface area (Å²) in [7, 11) is 0. The topological polar surface area (TPSA) is 12.0 Å². The first kappa shape index (κ1) is 16.7. The molecule has 1 aliphatic rings. The lowest BCUT2D eigenvalue weighted by atomic mass is 9.83. The largest absolute Gasteiger partial charge is 0.446 e. The van der Waals surface area contributed by atoms with Crippen LogP contribution in [0, 0.1) is 5.41 Å². The van der Waals surface area contributed by atoms with Crippen molar-refractivity contribution >= 4 is 11.8 Å². The van der Waals surface area contributed by atoms with Gasteiger partial charge in [0, 0.05) is 18.0 Å². The highest BCUT2D eigenvalue weighted by Gasteiger charge is 2.31. The van der Waals surface area contributed by atoms with Crippen LogP contribution in [-0.2, 0) is 6.54 Å². The molecule has 1 N–H and O–H groups in total. The lowest BCUT2D eigenvalue weighted by molar-refractivity contribution is -0.0328. The third kappa shape index (κ3) is 5.22. The molecule has 0 amide bonds. The molecule has 0 aliphatic heterocycles. The molecule has 0 radical (unpaired) electrons. The van der Waals surface area contributed by atoms with Gasteiger partial charge >= 0.3 is 5.51 Å². The van der Waals surface area contributed by atoms with Crippen LogP contribution in [0.25, 0.3) is 0 Å². The Kier molecular flexibility index (Phi) is 5.60. The lowest BCUT2D eigenvalue weighted by Gasteiger charge is -2.27. The highest BCUT2D eigenvalue weighted by molar-refractivity contribution is 8.00. The number of thioether (sulfide) groups is 1. The minimum Gasteiger partial charge on any atom is -0.312 e. The quantitative estimate of drug-likeness (QED) is 0.709. The summed E-state index contributed by atoms with van der Waals surface area (Å²) in [5.74, 6) is 0. The van der Waals surface area contributed by atoms with Gasteiger partial charge < -0.3 is 5.32 Å². The van der Waals surface area contributed by atoms with Crippen LogP contribution in [0.15, 0.2) is 29.2 Å². The van der Waals surface area contributed by atoms with Crippen LogP contribution in [0.1, 0.15) is 44.6 Å². The normalized spacial score (nSPS) is 18.1. The van der Waals surface area contributed by atoms with Crippen molar-refractivity contribution in [1.29, 1.82) is 0 Å². The lowest BCUT2D eigenvalue weighted by Crippen LogP contribution is -2.31. The third-order valence-corrected chi connectivity index (χ3v) is 5.14. The zero-order chi connectivity index (χ0) is 15.3. The summed E-state index contributed by atoms with van der Waals surface area (Å²) in [6.45, 7) is 3.97. The van der Waals surface area contributed by atoms with Crippen LogP contribution < -0.4 is 5.32 Å². The van der Waals surface area contributed by atoms with Gasteiger partial charge in [-0.3, -0.25) is 0 Å². The van der Waals surface area contributed by atoms with Crippen molar-refractivity contribution in [3.63, 3.8) is 0 Å². The maximum absolute atomic E-state index is 12.2. The van der Waals surface area contributed by atoms with Gasteiger partial charge in [-0.25, -0.2) is 0 Å². The van der Waals surface area contributed by atoms with E-state index in [1.807, 2.05) is 0 Å². The van der Waals surface area contributed by atoms with E-state index in [2.05, 4.69) is 12.2 Å². The maximum atomic E-state index is 12.2. The predicted molar refractivity (Wildman–Crippen MR) is 81.3 cm³/mol. The first-order chi connectivity index (χ1) is 9.92. The Hall–Kier alpha value is -0.680. The SMILES string of the molecule is CCC1(CNCc2ccc(SC(F)(F)F)cc2)CCCC1. The van der Waals surface area contributed by atoms with E-state index in [9.17, 15) is 13.2 Å². The van der Waals surface area contributed by atoms with Gasteiger partial charge in [-0.2, -0.15) is 13.2 Å². The van der Waals surface area contributed by atoms with Gasteiger partial charge in [0.2, 0.25) is 0 Å². The van der Waals surface area contributed by atoms with E-state index in [1.54, 1.807) is 24.3 Å². The fraction of sp³-hybridized carbons (Fsp3) is 0.625. The molecule has 1 saturated carbocycles. The Morgan fingerprint density at radius 1 is 1.14 bits per heavy atom. The van der Waals surface area contributed by atoms with Gasteiger partial charge in [-0.15, -0.1) is 0 Å². The summed E-state index contributed by atoms with van der Waals surface area (Å²) in [4.78, 5) is 0.243. The van der Waals surface area contributed by atoms with E-state index in [4.69, 9.17) is 0 Å². The van der Waals surface area contributed by atoms with Crippen LogP contribution in [-0.4, -0.2) is 12.1 Å². The van der Waals surface area contributed by atoms with Crippen molar-refractivity contribution < 1.29 is 13.2 Å². The highest BCUT2D eigenvalue weighted by atomic mass is 32.2. The van der Waals surface area contributed by atoms with Crippen molar-refractivity contribution in [2.45, 2.75) is 56.0 Å². The van der Waals surface area contributed by atoms with Crippen LogP contribution in [0.5, 0.6) is 0 Å². The van der Waals surface area contributed by atoms with E-state index in [1.165, 1.54) is 32.1 Å². The molecule has 1 aromatic rings. The number of alkyl halides is 3. The van der Waals surface area contributed by atoms with Crippen LogP contribution in [0.3, 0.4) is 0 Å². The second-order valence-corrected chi connectivity index (χ2v) is 6.99. The molecule has 21 heavy (non-hydrogen) atoms. The molecule has 1 aromatic carbocycles.